The summed E-state index contributed by atoms with van der Waals surface area (Å²) in [5, 5.41) is 6.57. The Morgan fingerprint density at radius 2 is 2.16 bits per heavy atom. The van der Waals surface area contributed by atoms with Crippen molar-refractivity contribution in [2.75, 3.05) is 26.3 Å². The van der Waals surface area contributed by atoms with Crippen LogP contribution in [-0.4, -0.2) is 38.3 Å². The third-order valence-corrected chi connectivity index (χ3v) is 4.25. The van der Waals surface area contributed by atoms with Crippen LogP contribution in [0.1, 0.15) is 47.0 Å². The third-order valence-electron chi connectivity index (χ3n) is 4.25. The molecular formula is C15H30N2O2. The van der Waals surface area contributed by atoms with E-state index >= 15 is 0 Å². The van der Waals surface area contributed by atoms with Gasteiger partial charge in [-0.25, -0.2) is 0 Å². The fraction of sp³-hybridized carbons (Fsp3) is 0.933. The van der Waals surface area contributed by atoms with Gasteiger partial charge in [-0.3, -0.25) is 4.79 Å². The molecule has 112 valence electrons. The molecule has 1 rings (SSSR count). The Hall–Kier alpha value is -0.610. The van der Waals surface area contributed by atoms with Crippen molar-refractivity contribution in [2.24, 2.45) is 11.3 Å². The predicted octanol–water partition coefficient (Wildman–Crippen LogP) is 1.94. The monoisotopic (exact) mass is 270 g/mol. The number of amides is 1. The number of nitrogens with one attached hydrogen (secondary N) is 2. The highest BCUT2D eigenvalue weighted by atomic mass is 16.5. The Labute approximate surface area is 117 Å². The van der Waals surface area contributed by atoms with Gasteiger partial charge in [0.15, 0.2) is 0 Å². The molecule has 0 aliphatic carbocycles. The number of carbonyl (C=O) groups excluding carboxylic acids is 1. The molecule has 0 saturated carbocycles. The number of rotatable bonds is 7. The van der Waals surface area contributed by atoms with Crippen LogP contribution in [0.2, 0.25) is 0 Å². The van der Waals surface area contributed by atoms with Crippen molar-refractivity contribution in [1.29, 1.82) is 0 Å². The van der Waals surface area contributed by atoms with E-state index in [1.54, 1.807) is 0 Å². The van der Waals surface area contributed by atoms with E-state index in [9.17, 15) is 4.79 Å². The molecule has 19 heavy (non-hydrogen) atoms. The van der Waals surface area contributed by atoms with Crippen molar-refractivity contribution in [3.8, 4) is 0 Å². The second-order valence-corrected chi connectivity index (χ2v) is 5.90. The predicted molar refractivity (Wildman–Crippen MR) is 78.1 cm³/mol. The SMILES string of the molecule is CCOCC(NC(=O)C1(CC)CCCNC1)C(C)C. The minimum atomic E-state index is -0.225. The lowest BCUT2D eigenvalue weighted by atomic mass is 9.77. The molecule has 1 fully saturated rings. The first-order chi connectivity index (χ1) is 9.05. The molecule has 4 nitrogen and oxygen atoms in total. The zero-order valence-corrected chi connectivity index (χ0v) is 12.9. The van der Waals surface area contributed by atoms with E-state index in [4.69, 9.17) is 4.74 Å². The zero-order chi connectivity index (χ0) is 14.3. The summed E-state index contributed by atoms with van der Waals surface area (Å²) < 4.78 is 5.48. The molecule has 2 unspecified atom stereocenters. The fourth-order valence-electron chi connectivity index (χ4n) is 2.59. The zero-order valence-electron chi connectivity index (χ0n) is 12.9. The van der Waals surface area contributed by atoms with Crippen LogP contribution < -0.4 is 10.6 Å². The van der Waals surface area contributed by atoms with E-state index in [1.165, 1.54) is 0 Å². The van der Waals surface area contributed by atoms with Crippen molar-refractivity contribution < 1.29 is 9.53 Å². The van der Waals surface area contributed by atoms with E-state index in [0.29, 0.717) is 19.1 Å². The Balaban J connectivity index is 2.63. The summed E-state index contributed by atoms with van der Waals surface area (Å²) in [6.07, 6.45) is 2.96. The number of hydrogen-bond donors (Lipinski definition) is 2. The number of ether oxygens (including phenoxy) is 1. The molecular weight excluding hydrogens is 240 g/mol. The molecule has 0 aromatic rings. The van der Waals surface area contributed by atoms with Crippen LogP contribution >= 0.6 is 0 Å². The van der Waals surface area contributed by atoms with Crippen molar-refractivity contribution in [1.82, 2.24) is 10.6 Å². The summed E-state index contributed by atoms with van der Waals surface area (Å²) in [6.45, 7) is 11.5. The van der Waals surface area contributed by atoms with Gasteiger partial charge in [0, 0.05) is 13.2 Å². The third kappa shape index (κ3) is 4.46. The minimum absolute atomic E-state index is 0.109. The summed E-state index contributed by atoms with van der Waals surface area (Å²) >= 11 is 0. The van der Waals surface area contributed by atoms with E-state index in [0.717, 1.165) is 32.4 Å². The molecule has 4 heteroatoms. The van der Waals surface area contributed by atoms with Gasteiger partial charge in [-0.15, -0.1) is 0 Å². The van der Waals surface area contributed by atoms with Crippen LogP contribution in [0.25, 0.3) is 0 Å². The maximum atomic E-state index is 12.6. The maximum Gasteiger partial charge on any atom is 0.227 e. The molecule has 0 bridgehead atoms. The number of piperidine rings is 1. The first-order valence-corrected chi connectivity index (χ1v) is 7.65. The van der Waals surface area contributed by atoms with Gasteiger partial charge in [0.2, 0.25) is 5.91 Å². The highest BCUT2D eigenvalue weighted by molar-refractivity contribution is 5.83. The molecule has 1 amide bonds. The quantitative estimate of drug-likeness (QED) is 0.743. The van der Waals surface area contributed by atoms with Crippen molar-refractivity contribution in [3.05, 3.63) is 0 Å². The van der Waals surface area contributed by atoms with Crippen LogP contribution in [0, 0.1) is 11.3 Å². The molecule has 1 heterocycles. The van der Waals surface area contributed by atoms with E-state index in [-0.39, 0.29) is 17.4 Å². The molecule has 2 N–H and O–H groups in total. The molecule has 0 aromatic heterocycles. The standard InChI is InChI=1S/C15H30N2O2/c1-5-15(8-7-9-16-11-15)14(18)17-13(12(3)4)10-19-6-2/h12-13,16H,5-11H2,1-4H3,(H,17,18). The Bertz CT molecular complexity index is 273. The van der Waals surface area contributed by atoms with Gasteiger partial charge in [-0.2, -0.15) is 0 Å². The largest absolute Gasteiger partial charge is 0.380 e. The topological polar surface area (TPSA) is 50.4 Å². The van der Waals surface area contributed by atoms with Crippen LogP contribution in [0.4, 0.5) is 0 Å². The smallest absolute Gasteiger partial charge is 0.227 e. The molecule has 2 atom stereocenters. The second-order valence-electron chi connectivity index (χ2n) is 5.90. The van der Waals surface area contributed by atoms with Gasteiger partial charge in [0.25, 0.3) is 0 Å². The Kier molecular flexibility index (Phi) is 6.80. The lowest BCUT2D eigenvalue weighted by molar-refractivity contribution is -0.134. The van der Waals surface area contributed by atoms with Gasteiger partial charge in [-0.1, -0.05) is 20.8 Å². The molecule has 0 spiro atoms. The normalized spacial score (nSPS) is 25.3. The average Bonchev–Trinajstić information content (AvgIpc) is 2.43. The summed E-state index contributed by atoms with van der Waals surface area (Å²) in [5.74, 6) is 0.585. The number of carbonyl (C=O) groups is 1. The number of hydrogen-bond acceptors (Lipinski definition) is 3. The Morgan fingerprint density at radius 3 is 2.63 bits per heavy atom. The van der Waals surface area contributed by atoms with Gasteiger partial charge >= 0.3 is 0 Å². The summed E-state index contributed by atoms with van der Waals surface area (Å²) in [4.78, 5) is 12.6. The van der Waals surface area contributed by atoms with Gasteiger partial charge < -0.3 is 15.4 Å². The molecule has 0 aromatic carbocycles. The second kappa shape index (κ2) is 7.85. The minimum Gasteiger partial charge on any atom is -0.380 e. The Morgan fingerprint density at radius 1 is 1.42 bits per heavy atom. The van der Waals surface area contributed by atoms with Crippen molar-refractivity contribution >= 4 is 5.91 Å². The molecule has 1 aliphatic rings. The van der Waals surface area contributed by atoms with Crippen molar-refractivity contribution in [2.45, 2.75) is 53.0 Å². The van der Waals surface area contributed by atoms with Crippen LogP contribution in [0.5, 0.6) is 0 Å². The van der Waals surface area contributed by atoms with Crippen LogP contribution in [0.3, 0.4) is 0 Å². The lowest BCUT2D eigenvalue weighted by Crippen LogP contribution is -2.54. The molecule has 0 radical (unpaired) electrons. The molecule has 1 aliphatic heterocycles. The lowest BCUT2D eigenvalue weighted by Gasteiger charge is -2.37. The summed E-state index contributed by atoms with van der Waals surface area (Å²) in [5.41, 5.74) is -0.225. The van der Waals surface area contributed by atoms with Crippen LogP contribution in [0.15, 0.2) is 0 Å². The first kappa shape index (κ1) is 16.4. The summed E-state index contributed by atoms with van der Waals surface area (Å²) in [6, 6.07) is 0.109. The van der Waals surface area contributed by atoms with Crippen molar-refractivity contribution in [3.63, 3.8) is 0 Å². The van der Waals surface area contributed by atoms with Gasteiger partial charge in [0.1, 0.15) is 0 Å². The van der Waals surface area contributed by atoms with Gasteiger partial charge in [0.05, 0.1) is 18.1 Å². The van der Waals surface area contributed by atoms with E-state index < -0.39 is 0 Å². The summed E-state index contributed by atoms with van der Waals surface area (Å²) in [7, 11) is 0. The molecule has 1 saturated heterocycles. The van der Waals surface area contributed by atoms with Gasteiger partial charge in [-0.05, 0) is 38.6 Å². The average molecular weight is 270 g/mol. The fourth-order valence-corrected chi connectivity index (χ4v) is 2.59. The highest BCUT2D eigenvalue weighted by Crippen LogP contribution is 2.30. The van der Waals surface area contributed by atoms with E-state index in [1.807, 2.05) is 6.92 Å². The highest BCUT2D eigenvalue weighted by Gasteiger charge is 2.38. The van der Waals surface area contributed by atoms with Crippen LogP contribution in [-0.2, 0) is 9.53 Å². The maximum absolute atomic E-state index is 12.6. The van der Waals surface area contributed by atoms with E-state index in [2.05, 4.69) is 31.4 Å². The first-order valence-electron chi connectivity index (χ1n) is 7.65.